The van der Waals surface area contributed by atoms with Gasteiger partial charge in [0.25, 0.3) is 5.91 Å². The van der Waals surface area contributed by atoms with Gasteiger partial charge >= 0.3 is 0 Å². The molecule has 1 atom stereocenters. The highest BCUT2D eigenvalue weighted by Crippen LogP contribution is 2.14. The van der Waals surface area contributed by atoms with Gasteiger partial charge in [-0.15, -0.1) is 0 Å². The molecule has 0 fully saturated rings. The third kappa shape index (κ3) is 6.28. The summed E-state index contributed by atoms with van der Waals surface area (Å²) < 4.78 is 0. The molecule has 1 aromatic rings. The van der Waals surface area contributed by atoms with E-state index in [2.05, 4.69) is 21.5 Å². The Kier molecular flexibility index (Phi) is 7.07. The van der Waals surface area contributed by atoms with Gasteiger partial charge in [0, 0.05) is 17.6 Å². The molecule has 0 aromatic heterocycles. The van der Waals surface area contributed by atoms with Crippen LogP contribution in [0.15, 0.2) is 24.3 Å². The number of hydrazine groups is 1. The molecule has 0 radical (unpaired) electrons. The van der Waals surface area contributed by atoms with Gasteiger partial charge in [-0.25, -0.2) is 0 Å². The Hall–Kier alpha value is -1.86. The van der Waals surface area contributed by atoms with Gasteiger partial charge in [0.2, 0.25) is 5.91 Å². The predicted molar refractivity (Wildman–Crippen MR) is 91.4 cm³/mol. The molecule has 0 unspecified atom stereocenters. The molecule has 0 spiro atoms. The maximum Gasteiger partial charge on any atom is 0.261 e. The van der Waals surface area contributed by atoms with Crippen LogP contribution in [0.3, 0.4) is 0 Å². The molecule has 0 saturated carbocycles. The molecule has 0 bridgehead atoms. The van der Waals surface area contributed by atoms with Crippen molar-refractivity contribution < 1.29 is 9.59 Å². The summed E-state index contributed by atoms with van der Waals surface area (Å²) in [6, 6.07) is 6.36. The van der Waals surface area contributed by atoms with Crippen molar-refractivity contribution in [1.82, 2.24) is 16.2 Å². The topological polar surface area (TPSA) is 82.3 Å². The van der Waals surface area contributed by atoms with Crippen LogP contribution in [0.4, 0.5) is 5.69 Å². The third-order valence-electron chi connectivity index (χ3n) is 2.69. The van der Waals surface area contributed by atoms with E-state index in [1.54, 1.807) is 24.3 Å². The summed E-state index contributed by atoms with van der Waals surface area (Å²) >= 11 is 10.9. The number of nitrogens with one attached hydrogen (secondary N) is 4. The number of carbonyl (C=O) groups excluding carboxylic acids is 2. The van der Waals surface area contributed by atoms with Crippen molar-refractivity contribution in [3.05, 3.63) is 29.3 Å². The van der Waals surface area contributed by atoms with Crippen LogP contribution >= 0.6 is 23.8 Å². The molecule has 6 nitrogen and oxygen atoms in total. The number of anilines is 1. The lowest BCUT2D eigenvalue weighted by molar-refractivity contribution is -0.129. The highest BCUT2D eigenvalue weighted by Gasteiger charge is 2.22. The number of halogens is 1. The molecule has 8 heteroatoms. The molecule has 0 aliphatic carbocycles. The highest BCUT2D eigenvalue weighted by atomic mass is 35.5. The lowest BCUT2D eigenvalue weighted by Crippen LogP contribution is -2.54. The van der Waals surface area contributed by atoms with Crippen LogP contribution in [0.2, 0.25) is 5.02 Å². The van der Waals surface area contributed by atoms with Crippen molar-refractivity contribution >= 4 is 46.4 Å². The van der Waals surface area contributed by atoms with Gasteiger partial charge in [0.15, 0.2) is 5.11 Å². The van der Waals surface area contributed by atoms with Crippen molar-refractivity contribution in [2.24, 2.45) is 5.92 Å². The van der Waals surface area contributed by atoms with Gasteiger partial charge in [-0.05, 0) is 36.3 Å². The van der Waals surface area contributed by atoms with Gasteiger partial charge < -0.3 is 10.6 Å². The van der Waals surface area contributed by atoms with E-state index in [0.29, 0.717) is 10.7 Å². The van der Waals surface area contributed by atoms with Crippen LogP contribution in [0, 0.1) is 5.92 Å². The summed E-state index contributed by atoms with van der Waals surface area (Å²) in [5.41, 5.74) is 5.74. The van der Waals surface area contributed by atoms with Gasteiger partial charge in [-0.2, -0.15) is 0 Å². The summed E-state index contributed by atoms with van der Waals surface area (Å²) in [7, 11) is 0. The van der Waals surface area contributed by atoms with E-state index in [9.17, 15) is 9.59 Å². The number of thiocarbonyl (C=S) groups is 1. The number of amides is 2. The zero-order valence-electron chi connectivity index (χ0n) is 12.6. The highest BCUT2D eigenvalue weighted by molar-refractivity contribution is 7.80. The van der Waals surface area contributed by atoms with E-state index < -0.39 is 6.04 Å². The minimum atomic E-state index is -0.640. The number of carbonyl (C=O) groups is 2. The first-order valence-corrected chi connectivity index (χ1v) is 7.47. The van der Waals surface area contributed by atoms with Crippen molar-refractivity contribution in [2.75, 3.05) is 5.32 Å². The van der Waals surface area contributed by atoms with Crippen molar-refractivity contribution in [3.8, 4) is 0 Å². The van der Waals surface area contributed by atoms with Crippen LogP contribution in [0.5, 0.6) is 0 Å². The maximum atomic E-state index is 12.0. The number of hydrogen-bond acceptors (Lipinski definition) is 3. The Balaban J connectivity index is 2.51. The molecule has 0 aliphatic rings. The SMILES string of the molecule is CC(=O)N[C@H](C(=O)NNC(=S)Nc1cccc(Cl)c1)C(C)C. The van der Waals surface area contributed by atoms with Crippen LogP contribution in [0.1, 0.15) is 20.8 Å². The second kappa shape index (κ2) is 8.55. The fraction of sp³-hybridized carbons (Fsp3) is 0.357. The van der Waals surface area contributed by atoms with Gasteiger partial charge in [-0.3, -0.25) is 20.4 Å². The summed E-state index contributed by atoms with van der Waals surface area (Å²) in [4.78, 5) is 23.1. The molecule has 2 amide bonds. The molecule has 22 heavy (non-hydrogen) atoms. The average Bonchev–Trinajstić information content (AvgIpc) is 2.41. The Bertz CT molecular complexity index is 566. The number of rotatable bonds is 4. The quantitative estimate of drug-likeness (QED) is 0.495. The Labute approximate surface area is 140 Å². The van der Waals surface area contributed by atoms with E-state index in [0.717, 1.165) is 0 Å². The van der Waals surface area contributed by atoms with Crippen LogP contribution in [0.25, 0.3) is 0 Å². The minimum Gasteiger partial charge on any atom is -0.344 e. The van der Waals surface area contributed by atoms with Gasteiger partial charge in [0.1, 0.15) is 6.04 Å². The smallest absolute Gasteiger partial charge is 0.261 e. The van der Waals surface area contributed by atoms with Crippen LogP contribution in [-0.2, 0) is 9.59 Å². The number of hydrogen-bond donors (Lipinski definition) is 4. The zero-order valence-corrected chi connectivity index (χ0v) is 14.1. The lowest BCUT2D eigenvalue weighted by atomic mass is 10.0. The van der Waals surface area contributed by atoms with Crippen LogP contribution in [-0.4, -0.2) is 23.0 Å². The first-order valence-electron chi connectivity index (χ1n) is 6.69. The minimum absolute atomic E-state index is 0.0554. The first-order chi connectivity index (χ1) is 10.3. The summed E-state index contributed by atoms with van der Waals surface area (Å²) in [5, 5.41) is 6.25. The predicted octanol–water partition coefficient (Wildman–Crippen LogP) is 1.82. The van der Waals surface area contributed by atoms with E-state index in [1.807, 2.05) is 13.8 Å². The third-order valence-corrected chi connectivity index (χ3v) is 3.13. The number of benzene rings is 1. The van der Waals surface area contributed by atoms with Gasteiger partial charge in [0.05, 0.1) is 0 Å². The Morgan fingerprint density at radius 3 is 2.45 bits per heavy atom. The Morgan fingerprint density at radius 1 is 1.23 bits per heavy atom. The summed E-state index contributed by atoms with van der Waals surface area (Å²) in [5.74, 6) is -0.700. The lowest BCUT2D eigenvalue weighted by Gasteiger charge is -2.21. The Morgan fingerprint density at radius 2 is 1.91 bits per heavy atom. The summed E-state index contributed by atoms with van der Waals surface area (Å²) in [6.07, 6.45) is 0. The monoisotopic (exact) mass is 342 g/mol. The van der Waals surface area contributed by atoms with E-state index in [1.165, 1.54) is 6.92 Å². The van der Waals surface area contributed by atoms with E-state index in [-0.39, 0.29) is 22.8 Å². The molecule has 0 heterocycles. The molecule has 0 saturated heterocycles. The second-order valence-electron chi connectivity index (χ2n) is 5.00. The molecule has 4 N–H and O–H groups in total. The zero-order chi connectivity index (χ0) is 16.7. The molecular formula is C14H19ClN4O2S. The van der Waals surface area contributed by atoms with Crippen LogP contribution < -0.4 is 21.5 Å². The molecule has 120 valence electrons. The summed E-state index contributed by atoms with van der Waals surface area (Å²) in [6.45, 7) is 5.03. The normalized spacial score (nSPS) is 11.5. The average molecular weight is 343 g/mol. The van der Waals surface area contributed by atoms with Crippen molar-refractivity contribution in [3.63, 3.8) is 0 Å². The second-order valence-corrected chi connectivity index (χ2v) is 5.85. The van der Waals surface area contributed by atoms with E-state index in [4.69, 9.17) is 23.8 Å². The molecule has 1 aromatic carbocycles. The van der Waals surface area contributed by atoms with Crippen molar-refractivity contribution in [2.45, 2.75) is 26.8 Å². The fourth-order valence-electron chi connectivity index (χ4n) is 1.68. The molecular weight excluding hydrogens is 324 g/mol. The standard InChI is InChI=1S/C14H19ClN4O2S/c1-8(2)12(16-9(3)20)13(21)18-19-14(22)17-11-6-4-5-10(15)7-11/h4-8,12H,1-3H3,(H,16,20)(H,18,21)(H2,17,19,22)/t12-/m0/s1. The fourth-order valence-corrected chi connectivity index (χ4v) is 2.04. The van der Waals surface area contributed by atoms with E-state index >= 15 is 0 Å². The maximum absolute atomic E-state index is 12.0. The van der Waals surface area contributed by atoms with Crippen molar-refractivity contribution in [1.29, 1.82) is 0 Å². The first kappa shape index (κ1) is 18.2. The molecule has 0 aliphatic heterocycles. The molecule has 1 rings (SSSR count). The largest absolute Gasteiger partial charge is 0.344 e. The van der Waals surface area contributed by atoms with Gasteiger partial charge in [-0.1, -0.05) is 31.5 Å².